The number of hydrogen-bond donors (Lipinski definition) is 0. The molecule has 3 saturated heterocycles. The average Bonchev–Trinajstić information content (AvgIpc) is 3.22. The van der Waals surface area contributed by atoms with E-state index in [0.29, 0.717) is 25.9 Å². The van der Waals surface area contributed by atoms with Crippen molar-refractivity contribution in [2.75, 3.05) is 13.2 Å². The monoisotopic (exact) mass is 816 g/mol. The summed E-state index contributed by atoms with van der Waals surface area (Å²) in [7, 11) is -2.97. The molecule has 0 bridgehead atoms. The quantitative estimate of drug-likeness (QED) is 0.118. The van der Waals surface area contributed by atoms with Crippen molar-refractivity contribution in [3.63, 3.8) is 0 Å². The fourth-order valence-corrected chi connectivity index (χ4v) is 14.8. The Balaban J connectivity index is 1.22. The summed E-state index contributed by atoms with van der Waals surface area (Å²) < 4.78 is 42.6. The van der Waals surface area contributed by atoms with E-state index in [9.17, 15) is 4.79 Å². The molecule has 2 aromatic rings. The van der Waals surface area contributed by atoms with Gasteiger partial charge in [0.2, 0.25) is 0 Å². The molecule has 318 valence electrons. The number of rotatable bonds is 7. The van der Waals surface area contributed by atoms with Crippen LogP contribution in [0.15, 0.2) is 84.7 Å². The fourth-order valence-electron chi connectivity index (χ4n) is 10.1. The molecule has 0 radical (unpaired) electrons. The number of esters is 1. The largest absolute Gasteiger partial charge is 0.489 e. The molecule has 2 aromatic carbocycles. The highest BCUT2D eigenvalue weighted by molar-refractivity contribution is 6.99. The lowest BCUT2D eigenvalue weighted by Gasteiger charge is -2.53. The zero-order valence-corrected chi connectivity index (χ0v) is 37.3. The van der Waals surface area contributed by atoms with Crippen LogP contribution < -0.4 is 10.4 Å². The molecule has 0 aromatic heterocycles. The van der Waals surface area contributed by atoms with Crippen molar-refractivity contribution in [1.29, 1.82) is 0 Å². The van der Waals surface area contributed by atoms with Crippen LogP contribution in [0.5, 0.6) is 0 Å². The second-order valence-electron chi connectivity index (χ2n) is 19.8. The summed E-state index contributed by atoms with van der Waals surface area (Å²) in [6.07, 6.45) is 9.54. The van der Waals surface area contributed by atoms with Gasteiger partial charge in [-0.15, -0.1) is 0 Å². The SMILES string of the molecule is C[C@@H]1C[C@H](O[Si](c2ccccc2)(c2ccccc2)C(C)(C)C)[C@@H](CCOC(=O)C(C)(C)C)O[C@H]2C[C@H]3O[C@H]4C/C=C\CC5OOCC=C5O[C@@H]4[C@@H](C)C[C@@H]3O[C@]2(C)C1. The third kappa shape index (κ3) is 9.24. The number of fused-ring (bicyclic) bond motifs is 4. The van der Waals surface area contributed by atoms with Crippen LogP contribution >= 0.6 is 0 Å². The summed E-state index contributed by atoms with van der Waals surface area (Å²) in [5.41, 5.74) is -1.17. The van der Waals surface area contributed by atoms with Gasteiger partial charge in [-0.1, -0.05) is 107 Å². The molecule has 1 unspecified atom stereocenters. The maximum Gasteiger partial charge on any atom is 0.311 e. The molecule has 0 amide bonds. The van der Waals surface area contributed by atoms with Crippen LogP contribution in [0.1, 0.15) is 107 Å². The molecular formula is C48H68O9Si. The van der Waals surface area contributed by atoms with E-state index in [1.165, 1.54) is 10.4 Å². The third-order valence-electron chi connectivity index (χ3n) is 13.0. The molecule has 58 heavy (non-hydrogen) atoms. The van der Waals surface area contributed by atoms with Crippen molar-refractivity contribution >= 4 is 24.7 Å². The van der Waals surface area contributed by atoms with Crippen molar-refractivity contribution < 1.29 is 42.7 Å². The number of carbonyl (C=O) groups excluding carboxylic acids is 1. The van der Waals surface area contributed by atoms with Crippen molar-refractivity contribution in [2.45, 2.75) is 167 Å². The van der Waals surface area contributed by atoms with Gasteiger partial charge >= 0.3 is 5.97 Å². The van der Waals surface area contributed by atoms with Gasteiger partial charge in [0.1, 0.15) is 18.5 Å². The summed E-state index contributed by atoms with van der Waals surface area (Å²) in [6, 6.07) is 21.6. The van der Waals surface area contributed by atoms with Gasteiger partial charge < -0.3 is 28.1 Å². The minimum atomic E-state index is -2.97. The standard InChI is InChI=1S/C48H68O9Si/c1-32-28-42(57-58(47(6,7)8,34-18-12-10-13-19-34)35-20-14-11-15-21-35)37(24-26-50-45(49)46(3,4)5)53-43-30-40-41(55-48(43,9)31-32)29-33(2)44-39(52-40)23-17-16-22-38-36(54-44)25-27-51-56-38/h10-21,25,32-33,37-44H,22-24,26-31H2,1-9H3/b17-16-/t32-,33+,37-,38?,39+,40-,41+,42+,43+,44-,48-/m1/s1. The lowest BCUT2D eigenvalue weighted by atomic mass is 9.77. The normalized spacial score (nSPS) is 35.2. The van der Waals surface area contributed by atoms with Crippen molar-refractivity contribution in [3.05, 3.63) is 84.7 Å². The molecule has 10 heteroatoms. The van der Waals surface area contributed by atoms with Gasteiger partial charge in [-0.3, -0.25) is 4.79 Å². The Bertz CT molecular complexity index is 1690. The molecule has 0 saturated carbocycles. The summed E-state index contributed by atoms with van der Waals surface area (Å²) in [5, 5.41) is 2.24. The molecule has 0 aliphatic carbocycles. The molecule has 0 spiro atoms. The Hall–Kier alpha value is -2.83. The van der Waals surface area contributed by atoms with Gasteiger partial charge in [0, 0.05) is 19.3 Å². The number of carbonyl (C=O) groups is 1. The first-order chi connectivity index (χ1) is 27.6. The Morgan fingerprint density at radius 1 is 0.845 bits per heavy atom. The van der Waals surface area contributed by atoms with Gasteiger partial charge in [-0.2, -0.15) is 0 Å². The smallest absolute Gasteiger partial charge is 0.311 e. The molecule has 9 nitrogen and oxygen atoms in total. The Morgan fingerprint density at radius 3 is 2.17 bits per heavy atom. The predicted octanol–water partition coefficient (Wildman–Crippen LogP) is 8.39. The van der Waals surface area contributed by atoms with Crippen LogP contribution in [0.4, 0.5) is 0 Å². The molecule has 5 heterocycles. The lowest BCUT2D eigenvalue weighted by molar-refractivity contribution is -0.324. The van der Waals surface area contributed by atoms with Gasteiger partial charge in [-0.05, 0) is 86.7 Å². The summed E-state index contributed by atoms with van der Waals surface area (Å²) in [4.78, 5) is 24.0. The zero-order valence-electron chi connectivity index (χ0n) is 36.3. The Labute approximate surface area is 348 Å². The maximum atomic E-state index is 13.1. The summed E-state index contributed by atoms with van der Waals surface area (Å²) in [6.45, 7) is 20.1. The van der Waals surface area contributed by atoms with E-state index in [2.05, 4.69) is 114 Å². The molecule has 11 atom stereocenters. The topological polar surface area (TPSA) is 90.9 Å². The first kappa shape index (κ1) is 43.3. The van der Waals surface area contributed by atoms with E-state index < -0.39 is 19.3 Å². The first-order valence-corrected chi connectivity index (χ1v) is 23.7. The molecule has 7 rings (SSSR count). The minimum Gasteiger partial charge on any atom is -0.489 e. The van der Waals surface area contributed by atoms with Crippen LogP contribution in [0, 0.1) is 17.3 Å². The first-order valence-electron chi connectivity index (χ1n) is 21.8. The zero-order chi connectivity index (χ0) is 41.3. The second-order valence-corrected chi connectivity index (χ2v) is 24.1. The van der Waals surface area contributed by atoms with Crippen molar-refractivity contribution in [2.24, 2.45) is 17.3 Å². The second kappa shape index (κ2) is 17.6. The van der Waals surface area contributed by atoms with E-state index in [-0.39, 0.29) is 78.3 Å². The van der Waals surface area contributed by atoms with Crippen LogP contribution in [0.25, 0.3) is 0 Å². The highest BCUT2D eigenvalue weighted by Gasteiger charge is 2.56. The van der Waals surface area contributed by atoms with Crippen LogP contribution in [0.2, 0.25) is 5.04 Å². The lowest BCUT2D eigenvalue weighted by Crippen LogP contribution is -2.69. The van der Waals surface area contributed by atoms with E-state index in [0.717, 1.165) is 31.4 Å². The highest BCUT2D eigenvalue weighted by atomic mass is 28.4. The number of ether oxygens (including phenoxy) is 5. The van der Waals surface area contributed by atoms with Crippen molar-refractivity contribution in [3.8, 4) is 0 Å². The molecule has 5 aliphatic heterocycles. The summed E-state index contributed by atoms with van der Waals surface area (Å²) in [5.74, 6) is 1.03. The fraction of sp³-hybridized carbons (Fsp3) is 0.646. The van der Waals surface area contributed by atoms with Crippen LogP contribution in [-0.4, -0.2) is 81.9 Å². The molecular weight excluding hydrogens is 749 g/mol. The molecule has 3 fully saturated rings. The average molecular weight is 817 g/mol. The predicted molar refractivity (Wildman–Crippen MR) is 227 cm³/mol. The van der Waals surface area contributed by atoms with Gasteiger partial charge in [0.15, 0.2) is 6.10 Å². The van der Waals surface area contributed by atoms with E-state index in [4.69, 9.17) is 37.9 Å². The Morgan fingerprint density at radius 2 is 1.52 bits per heavy atom. The van der Waals surface area contributed by atoms with Gasteiger partial charge in [0.25, 0.3) is 8.32 Å². The van der Waals surface area contributed by atoms with E-state index in [1.807, 2.05) is 26.8 Å². The highest BCUT2D eigenvalue weighted by Crippen LogP contribution is 2.47. The molecule has 5 aliphatic rings. The van der Waals surface area contributed by atoms with Crippen molar-refractivity contribution in [1.82, 2.24) is 0 Å². The number of hydrogen-bond acceptors (Lipinski definition) is 9. The number of benzene rings is 2. The summed E-state index contributed by atoms with van der Waals surface area (Å²) >= 11 is 0. The third-order valence-corrected chi connectivity index (χ3v) is 18.1. The minimum absolute atomic E-state index is 0.111. The van der Waals surface area contributed by atoms with E-state index in [1.54, 1.807) is 0 Å². The van der Waals surface area contributed by atoms with Gasteiger partial charge in [-0.25, -0.2) is 9.78 Å². The molecule has 0 N–H and O–H groups in total. The Kier molecular flexibility index (Phi) is 13.2. The van der Waals surface area contributed by atoms with Crippen LogP contribution in [0.3, 0.4) is 0 Å². The van der Waals surface area contributed by atoms with Gasteiger partial charge in [0.05, 0.1) is 54.2 Å². The maximum absolute atomic E-state index is 13.1. The van der Waals surface area contributed by atoms with Crippen LogP contribution in [-0.2, 0) is 42.7 Å². The van der Waals surface area contributed by atoms with E-state index >= 15 is 0 Å².